The lowest BCUT2D eigenvalue weighted by Gasteiger charge is -2.25. The average Bonchev–Trinajstić information content (AvgIpc) is 3.27. The van der Waals surface area contributed by atoms with E-state index >= 15 is 0 Å². The van der Waals surface area contributed by atoms with E-state index in [1.165, 1.54) is 0 Å². The third kappa shape index (κ3) is 9.28. The van der Waals surface area contributed by atoms with Crippen molar-refractivity contribution in [3.05, 3.63) is 36.0 Å². The predicted molar refractivity (Wildman–Crippen MR) is 150 cm³/mol. The van der Waals surface area contributed by atoms with E-state index in [-0.39, 0.29) is 24.5 Å². The number of aromatic amines is 1. The normalized spacial score (nSPS) is 14.5. The number of thioether (sulfide) groups is 1. The molecule has 204 valence electrons. The first-order chi connectivity index (χ1) is 17.6. The molecule has 1 aromatic heterocycles. The van der Waals surface area contributed by atoms with Crippen LogP contribution in [0.3, 0.4) is 0 Å². The van der Waals surface area contributed by atoms with Crippen LogP contribution >= 0.6 is 24.4 Å². The maximum absolute atomic E-state index is 13.3. The number of benzene rings is 1. The standard InChI is InChI=1S/C25H37N5O5S2/c1-14(2)10-20(25(34)35)29-23(32)19(11-15-12-27-18-7-5-4-6-16(15)18)28-24(33)21(13-36)30-22(31)17(26)8-9-37-3/h4-7,12,14,17,19-21,27,36H,8-11,13,26H2,1-3H3,(H,28,33)(H,29,32)(H,30,31)(H,34,35). The third-order valence-electron chi connectivity index (χ3n) is 5.84. The van der Waals surface area contributed by atoms with E-state index < -0.39 is 47.9 Å². The number of rotatable bonds is 15. The molecule has 0 radical (unpaired) electrons. The Bertz CT molecular complexity index is 1080. The molecule has 12 heteroatoms. The number of nitrogens with one attached hydrogen (secondary N) is 4. The van der Waals surface area contributed by atoms with Gasteiger partial charge in [-0.1, -0.05) is 32.0 Å². The lowest BCUT2D eigenvalue weighted by Crippen LogP contribution is -2.58. The molecule has 7 N–H and O–H groups in total. The summed E-state index contributed by atoms with van der Waals surface area (Å²) in [6.07, 6.45) is 4.45. The molecule has 0 fully saturated rings. The topological polar surface area (TPSA) is 166 Å². The fraction of sp³-hybridized carbons (Fsp3) is 0.520. The van der Waals surface area contributed by atoms with Crippen LogP contribution in [0, 0.1) is 5.92 Å². The van der Waals surface area contributed by atoms with Crippen molar-refractivity contribution in [2.24, 2.45) is 11.7 Å². The molecule has 3 amide bonds. The summed E-state index contributed by atoms with van der Waals surface area (Å²) >= 11 is 5.76. The monoisotopic (exact) mass is 551 g/mol. The molecule has 1 heterocycles. The first-order valence-electron chi connectivity index (χ1n) is 12.1. The molecule has 0 aliphatic heterocycles. The van der Waals surface area contributed by atoms with Gasteiger partial charge < -0.3 is 31.8 Å². The fourth-order valence-electron chi connectivity index (χ4n) is 3.82. The van der Waals surface area contributed by atoms with Gasteiger partial charge in [0.25, 0.3) is 0 Å². The fourth-order valence-corrected chi connectivity index (χ4v) is 4.56. The highest BCUT2D eigenvalue weighted by molar-refractivity contribution is 7.98. The van der Waals surface area contributed by atoms with E-state index in [0.717, 1.165) is 16.5 Å². The molecule has 0 saturated carbocycles. The summed E-state index contributed by atoms with van der Waals surface area (Å²) in [5.41, 5.74) is 7.56. The second-order valence-corrected chi connectivity index (χ2v) is 10.6. The average molecular weight is 552 g/mol. The van der Waals surface area contributed by atoms with Crippen molar-refractivity contribution in [3.8, 4) is 0 Å². The number of amides is 3. The van der Waals surface area contributed by atoms with Gasteiger partial charge in [-0.2, -0.15) is 24.4 Å². The SMILES string of the molecule is CSCCC(N)C(=O)NC(CS)C(=O)NC(Cc1c[nH]c2ccccc12)C(=O)NC(CC(C)C)C(=O)O. The first-order valence-corrected chi connectivity index (χ1v) is 14.1. The number of hydrogen-bond donors (Lipinski definition) is 7. The summed E-state index contributed by atoms with van der Waals surface area (Å²) in [7, 11) is 0. The quantitative estimate of drug-likeness (QED) is 0.164. The number of carbonyl (C=O) groups is 4. The Morgan fingerprint density at radius 2 is 1.65 bits per heavy atom. The van der Waals surface area contributed by atoms with E-state index in [0.29, 0.717) is 12.2 Å². The van der Waals surface area contributed by atoms with Gasteiger partial charge in [-0.05, 0) is 42.4 Å². The Balaban J connectivity index is 2.24. The lowest BCUT2D eigenvalue weighted by atomic mass is 10.0. The van der Waals surface area contributed by atoms with Crippen LogP contribution in [0.2, 0.25) is 0 Å². The highest BCUT2D eigenvalue weighted by Gasteiger charge is 2.30. The molecule has 0 saturated heterocycles. The van der Waals surface area contributed by atoms with Gasteiger partial charge in [0.1, 0.15) is 18.1 Å². The van der Waals surface area contributed by atoms with Gasteiger partial charge in [-0.3, -0.25) is 14.4 Å². The van der Waals surface area contributed by atoms with Crippen molar-refractivity contribution in [2.45, 2.75) is 57.3 Å². The highest BCUT2D eigenvalue weighted by Crippen LogP contribution is 2.19. The van der Waals surface area contributed by atoms with E-state index in [4.69, 9.17) is 5.73 Å². The van der Waals surface area contributed by atoms with Crippen molar-refractivity contribution in [2.75, 3.05) is 17.8 Å². The van der Waals surface area contributed by atoms with Gasteiger partial charge in [-0.25, -0.2) is 4.79 Å². The zero-order valence-electron chi connectivity index (χ0n) is 21.3. The van der Waals surface area contributed by atoms with Crippen molar-refractivity contribution in [3.63, 3.8) is 0 Å². The summed E-state index contributed by atoms with van der Waals surface area (Å²) in [6, 6.07) is 3.52. The Labute approximate surface area is 226 Å². The molecule has 0 bridgehead atoms. The molecule has 10 nitrogen and oxygen atoms in total. The first kappa shape index (κ1) is 30.5. The number of carboxylic acid groups (broad SMARTS) is 1. The second-order valence-electron chi connectivity index (χ2n) is 9.29. The van der Waals surface area contributed by atoms with Gasteiger partial charge in [0.15, 0.2) is 0 Å². The number of thiol groups is 1. The molecular formula is C25H37N5O5S2. The van der Waals surface area contributed by atoms with E-state index in [9.17, 15) is 24.3 Å². The number of aromatic nitrogens is 1. The number of nitrogens with two attached hydrogens (primary N) is 1. The van der Waals surface area contributed by atoms with Crippen molar-refractivity contribution in [1.29, 1.82) is 0 Å². The number of aliphatic carboxylic acids is 1. The second kappa shape index (κ2) is 14.9. The minimum Gasteiger partial charge on any atom is -0.480 e. The van der Waals surface area contributed by atoms with Crippen LogP contribution < -0.4 is 21.7 Å². The molecule has 4 unspecified atom stereocenters. The number of fused-ring (bicyclic) bond motifs is 1. The lowest BCUT2D eigenvalue weighted by molar-refractivity contribution is -0.142. The molecule has 37 heavy (non-hydrogen) atoms. The number of H-pyrrole nitrogens is 1. The zero-order chi connectivity index (χ0) is 27.5. The van der Waals surface area contributed by atoms with Crippen LogP contribution in [0.25, 0.3) is 10.9 Å². The van der Waals surface area contributed by atoms with Crippen LogP contribution in [0.1, 0.15) is 32.3 Å². The maximum Gasteiger partial charge on any atom is 0.326 e. The van der Waals surface area contributed by atoms with E-state index in [2.05, 4.69) is 33.6 Å². The molecule has 0 aliphatic carbocycles. The van der Waals surface area contributed by atoms with Gasteiger partial charge >= 0.3 is 5.97 Å². The number of hydrogen-bond acceptors (Lipinski definition) is 7. The molecule has 0 spiro atoms. The summed E-state index contributed by atoms with van der Waals surface area (Å²) in [5, 5.41) is 18.3. The number of para-hydroxylation sites is 1. The van der Waals surface area contributed by atoms with Gasteiger partial charge in [0.2, 0.25) is 17.7 Å². The van der Waals surface area contributed by atoms with Crippen molar-refractivity contribution >= 4 is 59.0 Å². The molecule has 2 rings (SSSR count). The molecule has 1 aromatic carbocycles. The van der Waals surface area contributed by atoms with E-state index in [1.807, 2.05) is 44.4 Å². The zero-order valence-corrected chi connectivity index (χ0v) is 23.0. The number of carboxylic acids is 1. The summed E-state index contributed by atoms with van der Waals surface area (Å²) in [6.45, 7) is 3.72. The third-order valence-corrected chi connectivity index (χ3v) is 6.85. The van der Waals surface area contributed by atoms with E-state index in [1.54, 1.807) is 18.0 Å². The van der Waals surface area contributed by atoms with Crippen LogP contribution in [0.15, 0.2) is 30.5 Å². The Morgan fingerprint density at radius 3 is 2.27 bits per heavy atom. The van der Waals surface area contributed by atoms with Gasteiger partial charge in [-0.15, -0.1) is 0 Å². The summed E-state index contributed by atoms with van der Waals surface area (Å²) in [5.74, 6) is -2.17. The molecular weight excluding hydrogens is 514 g/mol. The van der Waals surface area contributed by atoms with Gasteiger partial charge in [0, 0.05) is 29.3 Å². The Kier molecular flexibility index (Phi) is 12.3. The maximum atomic E-state index is 13.3. The number of carbonyl (C=O) groups excluding carboxylic acids is 3. The molecule has 0 aliphatic rings. The minimum absolute atomic E-state index is 0.0145. The van der Waals surface area contributed by atoms with Crippen LogP contribution in [-0.4, -0.2) is 75.7 Å². The van der Waals surface area contributed by atoms with Crippen LogP contribution in [0.4, 0.5) is 0 Å². The Hall–Kier alpha value is -2.70. The predicted octanol–water partition coefficient (Wildman–Crippen LogP) is 1.31. The van der Waals surface area contributed by atoms with Crippen LogP contribution in [0.5, 0.6) is 0 Å². The minimum atomic E-state index is -1.15. The highest BCUT2D eigenvalue weighted by atomic mass is 32.2. The molecule has 2 aromatic rings. The summed E-state index contributed by atoms with van der Waals surface area (Å²) < 4.78 is 0. The van der Waals surface area contributed by atoms with Crippen molar-refractivity contribution in [1.82, 2.24) is 20.9 Å². The Morgan fingerprint density at radius 1 is 1.03 bits per heavy atom. The van der Waals surface area contributed by atoms with Crippen molar-refractivity contribution < 1.29 is 24.3 Å². The van der Waals surface area contributed by atoms with Gasteiger partial charge in [0.05, 0.1) is 6.04 Å². The smallest absolute Gasteiger partial charge is 0.326 e. The largest absolute Gasteiger partial charge is 0.480 e. The summed E-state index contributed by atoms with van der Waals surface area (Å²) in [4.78, 5) is 53.7. The van der Waals surface area contributed by atoms with Crippen LogP contribution in [-0.2, 0) is 25.6 Å². The molecule has 4 atom stereocenters.